The molecule has 24 heavy (non-hydrogen) atoms. The minimum Gasteiger partial charge on any atom is -0.492 e. The molecule has 1 aromatic rings. The number of halogens is 3. The van der Waals surface area contributed by atoms with Gasteiger partial charge in [-0.15, -0.1) is 0 Å². The number of alkyl halides is 3. The maximum Gasteiger partial charge on any atom is 0.407 e. The van der Waals surface area contributed by atoms with E-state index in [4.69, 9.17) is 4.74 Å². The predicted molar refractivity (Wildman–Crippen MR) is 78.7 cm³/mol. The Morgan fingerprint density at radius 1 is 1.25 bits per heavy atom. The molecule has 0 radical (unpaired) electrons. The fraction of sp³-hybridized carbons (Fsp3) is 0.235. The highest BCUT2D eigenvalue weighted by Gasteiger charge is 2.64. The first-order chi connectivity index (χ1) is 11.3. The number of ether oxygens (including phenoxy) is 1. The maximum atomic E-state index is 14.0. The number of hydrogen-bond donors (Lipinski definition) is 2. The summed E-state index contributed by atoms with van der Waals surface area (Å²) < 4.78 is 47.1. The number of carboxylic acid groups (broad SMARTS) is 1. The van der Waals surface area contributed by atoms with Gasteiger partial charge < -0.3 is 14.9 Å². The van der Waals surface area contributed by atoms with Crippen molar-refractivity contribution in [1.29, 1.82) is 0 Å². The van der Waals surface area contributed by atoms with Gasteiger partial charge in [0.25, 0.3) is 0 Å². The highest BCUT2D eigenvalue weighted by atomic mass is 19.4. The molecule has 2 unspecified atom stereocenters. The molecule has 0 amide bonds. The topological polar surface area (TPSA) is 66.8 Å². The summed E-state index contributed by atoms with van der Waals surface area (Å²) in [5.41, 5.74) is -3.08. The summed E-state index contributed by atoms with van der Waals surface area (Å²) in [6, 6.07) is 6.10. The monoisotopic (exact) mass is 338 g/mol. The number of rotatable bonds is 2. The molecule has 0 aromatic heterocycles. The van der Waals surface area contributed by atoms with Crippen LogP contribution in [0.2, 0.25) is 0 Å². The molecular formula is C17H13F3O4. The molecule has 3 rings (SSSR count). The molecule has 0 saturated carbocycles. The quantitative estimate of drug-likeness (QED) is 0.869. The van der Waals surface area contributed by atoms with E-state index in [-0.39, 0.29) is 12.2 Å². The number of carbonyl (C=O) groups is 1. The summed E-state index contributed by atoms with van der Waals surface area (Å²) in [5.74, 6) is -2.35. The van der Waals surface area contributed by atoms with Gasteiger partial charge in [0, 0.05) is 0 Å². The van der Waals surface area contributed by atoms with Crippen molar-refractivity contribution in [3.8, 4) is 0 Å². The summed E-state index contributed by atoms with van der Waals surface area (Å²) in [5, 5.41) is 19.8. The van der Waals surface area contributed by atoms with Gasteiger partial charge in [0.2, 0.25) is 0 Å². The number of aliphatic carboxylic acids is 1. The molecule has 2 aliphatic rings. The number of carboxylic acids is 1. The molecule has 0 fully saturated rings. The van der Waals surface area contributed by atoms with Crippen molar-refractivity contribution in [2.45, 2.75) is 12.3 Å². The van der Waals surface area contributed by atoms with Crippen LogP contribution < -0.4 is 0 Å². The molecule has 0 saturated heterocycles. The predicted octanol–water partition coefficient (Wildman–Crippen LogP) is 3.22. The van der Waals surface area contributed by atoms with Gasteiger partial charge in [0.1, 0.15) is 18.5 Å². The van der Waals surface area contributed by atoms with Gasteiger partial charge in [-0.1, -0.05) is 36.4 Å². The highest BCUT2D eigenvalue weighted by molar-refractivity contribution is 5.91. The number of fused-ring (bicyclic) bond motifs is 1. The summed E-state index contributed by atoms with van der Waals surface area (Å²) in [7, 11) is 0. The van der Waals surface area contributed by atoms with Crippen molar-refractivity contribution in [3.05, 3.63) is 65.0 Å². The molecule has 0 spiro atoms. The van der Waals surface area contributed by atoms with E-state index in [1.807, 2.05) is 0 Å². The van der Waals surface area contributed by atoms with Crippen molar-refractivity contribution in [2.24, 2.45) is 5.41 Å². The average molecular weight is 338 g/mol. The van der Waals surface area contributed by atoms with Crippen molar-refractivity contribution in [3.63, 3.8) is 0 Å². The van der Waals surface area contributed by atoms with Gasteiger partial charge in [-0.2, -0.15) is 13.2 Å². The molecule has 7 heteroatoms. The first kappa shape index (κ1) is 16.3. The van der Waals surface area contributed by atoms with E-state index in [1.54, 1.807) is 12.1 Å². The Kier molecular flexibility index (Phi) is 3.76. The number of aliphatic hydroxyl groups is 1. The standard InChI is InChI=1S/C17H13F3O4/c18-17(19,20)16(14-12(15(22)23)6-3-9-24-14)8-7-10-4-1-2-5-11(10)13(16)21/h1-8,13,21H,9H2,(H,22,23). The Hall–Kier alpha value is -2.54. The fourth-order valence-corrected chi connectivity index (χ4v) is 3.01. The van der Waals surface area contributed by atoms with Crippen LogP contribution in [0.15, 0.2) is 53.8 Å². The Labute approximate surface area is 135 Å². The van der Waals surface area contributed by atoms with Crippen LogP contribution in [-0.4, -0.2) is 29.0 Å². The van der Waals surface area contributed by atoms with Crippen LogP contribution in [0.25, 0.3) is 6.08 Å². The van der Waals surface area contributed by atoms with E-state index in [2.05, 4.69) is 0 Å². The summed E-state index contributed by atoms with van der Waals surface area (Å²) in [4.78, 5) is 11.4. The third kappa shape index (κ3) is 2.24. The molecule has 0 bridgehead atoms. The minimum absolute atomic E-state index is 0.0627. The second-order valence-corrected chi connectivity index (χ2v) is 5.49. The van der Waals surface area contributed by atoms with Crippen LogP contribution in [-0.2, 0) is 9.53 Å². The van der Waals surface area contributed by atoms with Crippen LogP contribution >= 0.6 is 0 Å². The van der Waals surface area contributed by atoms with Gasteiger partial charge in [0.15, 0.2) is 5.41 Å². The van der Waals surface area contributed by atoms with E-state index in [0.717, 1.165) is 12.2 Å². The maximum absolute atomic E-state index is 14.0. The largest absolute Gasteiger partial charge is 0.492 e. The van der Waals surface area contributed by atoms with Crippen LogP contribution in [0.3, 0.4) is 0 Å². The van der Waals surface area contributed by atoms with Crippen LogP contribution in [0.1, 0.15) is 17.2 Å². The lowest BCUT2D eigenvalue weighted by atomic mass is 9.70. The molecule has 1 aliphatic heterocycles. The zero-order chi connectivity index (χ0) is 17.5. The summed E-state index contributed by atoms with van der Waals surface area (Å²) in [6.07, 6.45) is -2.60. The third-order valence-corrected chi connectivity index (χ3v) is 4.18. The molecular weight excluding hydrogens is 325 g/mol. The lowest BCUT2D eigenvalue weighted by molar-refractivity contribution is -0.234. The van der Waals surface area contributed by atoms with Crippen LogP contribution in [0.4, 0.5) is 13.2 Å². The van der Waals surface area contributed by atoms with Crippen LogP contribution in [0.5, 0.6) is 0 Å². The van der Waals surface area contributed by atoms with Crippen molar-refractivity contribution >= 4 is 12.0 Å². The highest BCUT2D eigenvalue weighted by Crippen LogP contribution is 2.57. The number of aliphatic hydroxyl groups excluding tert-OH is 1. The van der Waals surface area contributed by atoms with Crippen molar-refractivity contribution in [1.82, 2.24) is 0 Å². The second-order valence-electron chi connectivity index (χ2n) is 5.49. The smallest absolute Gasteiger partial charge is 0.407 e. The molecule has 2 atom stereocenters. The first-order valence-corrected chi connectivity index (χ1v) is 7.09. The second kappa shape index (κ2) is 5.52. The Morgan fingerprint density at radius 3 is 2.62 bits per heavy atom. The molecule has 126 valence electrons. The zero-order valence-corrected chi connectivity index (χ0v) is 12.2. The zero-order valence-electron chi connectivity index (χ0n) is 12.2. The fourth-order valence-electron chi connectivity index (χ4n) is 3.01. The first-order valence-electron chi connectivity index (χ1n) is 7.09. The normalized spacial score (nSPS) is 26.1. The number of benzene rings is 1. The molecule has 1 aromatic carbocycles. The summed E-state index contributed by atoms with van der Waals surface area (Å²) in [6.45, 7) is -0.202. The Bertz CT molecular complexity index is 776. The van der Waals surface area contributed by atoms with Gasteiger partial charge >= 0.3 is 12.1 Å². The molecule has 1 heterocycles. The van der Waals surface area contributed by atoms with Crippen molar-refractivity contribution in [2.75, 3.05) is 6.61 Å². The third-order valence-electron chi connectivity index (χ3n) is 4.18. The minimum atomic E-state index is -4.96. The van der Waals surface area contributed by atoms with Gasteiger partial charge in [0.05, 0.1) is 5.57 Å². The van der Waals surface area contributed by atoms with E-state index < -0.39 is 35.0 Å². The Morgan fingerprint density at radius 2 is 1.96 bits per heavy atom. The molecule has 1 aliphatic carbocycles. The van der Waals surface area contributed by atoms with E-state index in [1.165, 1.54) is 24.3 Å². The van der Waals surface area contributed by atoms with Gasteiger partial charge in [-0.25, -0.2) is 4.79 Å². The van der Waals surface area contributed by atoms with Crippen LogP contribution in [0, 0.1) is 5.41 Å². The average Bonchev–Trinajstić information content (AvgIpc) is 2.54. The Balaban J connectivity index is 2.30. The van der Waals surface area contributed by atoms with Gasteiger partial charge in [-0.05, 0) is 23.3 Å². The van der Waals surface area contributed by atoms with E-state index >= 15 is 0 Å². The van der Waals surface area contributed by atoms with E-state index in [0.29, 0.717) is 5.56 Å². The lowest BCUT2D eigenvalue weighted by Gasteiger charge is -2.42. The van der Waals surface area contributed by atoms with E-state index in [9.17, 15) is 28.2 Å². The van der Waals surface area contributed by atoms with Crippen molar-refractivity contribution < 1.29 is 32.9 Å². The molecule has 2 N–H and O–H groups in total. The van der Waals surface area contributed by atoms with Gasteiger partial charge in [-0.3, -0.25) is 0 Å². The SMILES string of the molecule is O=C(O)C1=C(C2(C(F)(F)F)C=Cc3ccccc3C2O)OCC=C1. The number of hydrogen-bond acceptors (Lipinski definition) is 3. The summed E-state index contributed by atoms with van der Waals surface area (Å²) >= 11 is 0. The lowest BCUT2D eigenvalue weighted by Crippen LogP contribution is -2.46. The molecule has 4 nitrogen and oxygen atoms in total.